The molecule has 0 aromatic heterocycles. The molecular weight excluding hydrogens is 516 g/mol. The number of amides is 2. The number of halogens is 1. The standard InChI is InChI=1S/C27H35ClN2O8/c1-14-7-6-8-21(36-5)27(35)13-19(37-25(34)29-27)15(2)24-26(3,38-24)20(32)12-22(33)30(4)17-10-16(9-14)11-18(31)23(17)28/h6-8,10-11,15,19-21,24,31-32,35H,9,12-13H2,1-5H3,(H,29,34)/b8-6+,14-7+/t15-,19+,20+,21-,24+,26+,27+/m1/s1. The molecule has 0 spiro atoms. The fraction of sp³-hybridized carbons (Fsp3) is 0.556. The molecule has 2 amide bonds. The Kier molecular flexibility index (Phi) is 7.84. The molecular formula is C27H35ClN2O8. The van der Waals surface area contributed by atoms with Crippen molar-refractivity contribution in [2.24, 2.45) is 5.92 Å². The predicted molar refractivity (Wildman–Crippen MR) is 140 cm³/mol. The Morgan fingerprint density at radius 1 is 1.29 bits per heavy atom. The molecule has 4 bridgehead atoms. The number of anilines is 1. The quantitative estimate of drug-likeness (QED) is 0.391. The number of nitrogens with one attached hydrogen (secondary N) is 1. The first-order valence-corrected chi connectivity index (χ1v) is 12.9. The van der Waals surface area contributed by atoms with E-state index in [0.717, 1.165) is 11.1 Å². The molecule has 11 heteroatoms. The maximum atomic E-state index is 13.1. The molecule has 3 heterocycles. The lowest BCUT2D eigenvalue weighted by atomic mass is 9.84. The predicted octanol–water partition coefficient (Wildman–Crippen LogP) is 2.81. The summed E-state index contributed by atoms with van der Waals surface area (Å²) >= 11 is 6.34. The van der Waals surface area contributed by atoms with Crippen molar-refractivity contribution < 1.29 is 39.1 Å². The van der Waals surface area contributed by atoms with E-state index in [1.807, 2.05) is 13.0 Å². The highest BCUT2D eigenvalue weighted by atomic mass is 35.5. The molecule has 4 rings (SSSR count). The lowest BCUT2D eigenvalue weighted by molar-refractivity contribution is -0.142. The molecule has 0 saturated carbocycles. The number of fused-ring (bicyclic) bond motifs is 5. The molecule has 3 aliphatic heterocycles. The number of phenolic OH excluding ortho intramolecular Hbond substituents is 1. The zero-order chi connectivity index (χ0) is 28.0. The summed E-state index contributed by atoms with van der Waals surface area (Å²) in [4.78, 5) is 26.9. The Bertz CT molecular complexity index is 1170. The number of aliphatic hydroxyl groups is 2. The number of rotatable bonds is 1. The Morgan fingerprint density at radius 3 is 2.68 bits per heavy atom. The van der Waals surface area contributed by atoms with Crippen molar-refractivity contribution in [2.75, 3.05) is 19.1 Å². The first-order valence-electron chi connectivity index (χ1n) is 12.5. The molecule has 10 nitrogen and oxygen atoms in total. The number of carbonyl (C=O) groups excluding carboxylic acids is 2. The summed E-state index contributed by atoms with van der Waals surface area (Å²) in [6, 6.07) is 3.25. The largest absolute Gasteiger partial charge is 0.506 e. The Labute approximate surface area is 226 Å². The lowest BCUT2D eigenvalue weighted by Gasteiger charge is -2.42. The van der Waals surface area contributed by atoms with Crippen LogP contribution in [0.1, 0.15) is 39.2 Å². The number of aromatic hydroxyl groups is 1. The highest BCUT2D eigenvalue weighted by Crippen LogP contribution is 2.48. The summed E-state index contributed by atoms with van der Waals surface area (Å²) in [5, 5.41) is 35.3. The monoisotopic (exact) mass is 550 g/mol. The van der Waals surface area contributed by atoms with Crippen molar-refractivity contribution in [2.45, 2.75) is 75.8 Å². The van der Waals surface area contributed by atoms with Crippen LogP contribution in [0.3, 0.4) is 0 Å². The van der Waals surface area contributed by atoms with Gasteiger partial charge in [0.15, 0.2) is 5.72 Å². The van der Waals surface area contributed by atoms with E-state index in [2.05, 4.69) is 5.32 Å². The zero-order valence-electron chi connectivity index (χ0n) is 22.1. The first kappa shape index (κ1) is 28.4. The lowest BCUT2D eigenvalue weighted by Crippen LogP contribution is -2.63. The molecule has 1 aromatic carbocycles. The average molecular weight is 551 g/mol. The van der Waals surface area contributed by atoms with Gasteiger partial charge in [-0.1, -0.05) is 42.3 Å². The van der Waals surface area contributed by atoms with E-state index in [-0.39, 0.29) is 23.6 Å². The van der Waals surface area contributed by atoms with Crippen LogP contribution in [0, 0.1) is 5.92 Å². The fourth-order valence-electron chi connectivity index (χ4n) is 5.33. The minimum absolute atomic E-state index is 0.0166. The number of ether oxygens (including phenoxy) is 3. The summed E-state index contributed by atoms with van der Waals surface area (Å²) in [6.07, 6.45) is 1.27. The van der Waals surface area contributed by atoms with Crippen LogP contribution in [-0.4, -0.2) is 77.2 Å². The zero-order valence-corrected chi connectivity index (χ0v) is 22.9. The molecule has 7 atom stereocenters. The number of epoxide rings is 1. The van der Waals surface area contributed by atoms with E-state index in [9.17, 15) is 24.9 Å². The fourth-order valence-corrected chi connectivity index (χ4v) is 5.56. The van der Waals surface area contributed by atoms with E-state index in [4.69, 9.17) is 25.8 Å². The van der Waals surface area contributed by atoms with Gasteiger partial charge in [-0.2, -0.15) is 0 Å². The van der Waals surface area contributed by atoms with Gasteiger partial charge < -0.3 is 34.4 Å². The van der Waals surface area contributed by atoms with Gasteiger partial charge in [0.2, 0.25) is 5.91 Å². The molecule has 1 aromatic rings. The Morgan fingerprint density at radius 2 is 2.00 bits per heavy atom. The van der Waals surface area contributed by atoms with Crippen molar-refractivity contribution in [1.82, 2.24) is 5.32 Å². The van der Waals surface area contributed by atoms with Gasteiger partial charge in [0.1, 0.15) is 28.6 Å². The van der Waals surface area contributed by atoms with E-state index in [1.54, 1.807) is 32.1 Å². The van der Waals surface area contributed by atoms with Crippen LogP contribution in [0.15, 0.2) is 35.9 Å². The number of allylic oxidation sites excluding steroid dienone is 3. The third-order valence-corrected chi connectivity index (χ3v) is 8.16. The van der Waals surface area contributed by atoms with E-state index in [1.165, 1.54) is 25.1 Å². The third kappa shape index (κ3) is 5.41. The second-order valence-electron chi connectivity index (χ2n) is 10.6. The van der Waals surface area contributed by atoms with Gasteiger partial charge in [0.05, 0.1) is 24.3 Å². The number of hydrogen-bond acceptors (Lipinski definition) is 8. The summed E-state index contributed by atoms with van der Waals surface area (Å²) in [5.41, 5.74) is -0.867. The molecule has 208 valence electrons. The Balaban J connectivity index is 1.73. The number of aliphatic hydroxyl groups excluding tert-OH is 1. The number of methoxy groups -OCH3 is 1. The molecule has 0 unspecified atom stereocenters. The third-order valence-electron chi connectivity index (χ3n) is 7.78. The van der Waals surface area contributed by atoms with Crippen LogP contribution in [0.25, 0.3) is 0 Å². The van der Waals surface area contributed by atoms with E-state index >= 15 is 0 Å². The number of hydrogen-bond donors (Lipinski definition) is 4. The van der Waals surface area contributed by atoms with Gasteiger partial charge >= 0.3 is 6.09 Å². The Hall–Kier alpha value is -2.63. The van der Waals surface area contributed by atoms with Gasteiger partial charge in [0.25, 0.3) is 0 Å². The summed E-state index contributed by atoms with van der Waals surface area (Å²) in [7, 11) is 2.96. The van der Waals surface area contributed by atoms with Crippen LogP contribution in [0.2, 0.25) is 5.02 Å². The van der Waals surface area contributed by atoms with Crippen LogP contribution >= 0.6 is 11.6 Å². The normalized spacial score (nSPS) is 38.4. The van der Waals surface area contributed by atoms with Gasteiger partial charge in [0, 0.05) is 26.5 Å². The number of nitrogens with zero attached hydrogens (tertiary/aromatic N) is 1. The molecule has 3 aliphatic rings. The first-order chi connectivity index (χ1) is 17.8. The SMILES string of the molecule is CO[C@@H]1/C=C/C=C(\C)Cc2cc(O)c(Cl)c(c2)N(C)C(=O)C[C@H](O)[C@]2(C)O[C@H]2[C@H](C)[C@@H]2C[C@@]1(O)NC(=O)O2. The highest BCUT2D eigenvalue weighted by Gasteiger charge is 2.62. The number of benzene rings is 1. The molecule has 2 fully saturated rings. The number of phenols is 1. The summed E-state index contributed by atoms with van der Waals surface area (Å²) < 4.78 is 16.9. The molecule has 0 aliphatic carbocycles. The maximum Gasteiger partial charge on any atom is 0.409 e. The summed E-state index contributed by atoms with van der Waals surface area (Å²) in [6.45, 7) is 5.39. The van der Waals surface area contributed by atoms with Gasteiger partial charge in [-0.3, -0.25) is 10.1 Å². The van der Waals surface area contributed by atoms with Gasteiger partial charge in [-0.05, 0) is 38.0 Å². The minimum Gasteiger partial charge on any atom is -0.506 e. The van der Waals surface area contributed by atoms with Crippen LogP contribution in [-0.2, 0) is 25.4 Å². The van der Waals surface area contributed by atoms with E-state index in [0.29, 0.717) is 12.1 Å². The van der Waals surface area contributed by atoms with Gasteiger partial charge in [-0.25, -0.2) is 4.79 Å². The second-order valence-corrected chi connectivity index (χ2v) is 11.0. The number of alkyl carbamates (subject to hydrolysis) is 1. The van der Waals surface area contributed by atoms with Crippen LogP contribution < -0.4 is 10.2 Å². The molecule has 0 radical (unpaired) electrons. The van der Waals surface area contributed by atoms with Crippen molar-refractivity contribution in [3.05, 3.63) is 46.5 Å². The second kappa shape index (κ2) is 10.5. The molecule has 2 saturated heterocycles. The summed E-state index contributed by atoms with van der Waals surface area (Å²) in [5.74, 6) is -0.990. The van der Waals surface area contributed by atoms with Crippen molar-refractivity contribution in [3.8, 4) is 5.75 Å². The topological polar surface area (TPSA) is 141 Å². The van der Waals surface area contributed by atoms with Crippen LogP contribution in [0.4, 0.5) is 10.5 Å². The molecule has 4 N–H and O–H groups in total. The number of carbonyl (C=O) groups is 2. The smallest absolute Gasteiger partial charge is 0.409 e. The van der Waals surface area contributed by atoms with Crippen molar-refractivity contribution in [1.29, 1.82) is 0 Å². The average Bonchev–Trinajstić information content (AvgIpc) is 3.54. The van der Waals surface area contributed by atoms with Crippen LogP contribution in [0.5, 0.6) is 5.75 Å². The molecule has 38 heavy (non-hydrogen) atoms. The maximum absolute atomic E-state index is 13.1. The van der Waals surface area contributed by atoms with E-state index < -0.39 is 53.7 Å². The van der Waals surface area contributed by atoms with Gasteiger partial charge in [-0.15, -0.1) is 0 Å². The minimum atomic E-state index is -1.75. The van der Waals surface area contributed by atoms with Crippen molar-refractivity contribution >= 4 is 29.3 Å². The van der Waals surface area contributed by atoms with Crippen molar-refractivity contribution in [3.63, 3.8) is 0 Å². The highest BCUT2D eigenvalue weighted by molar-refractivity contribution is 6.35.